The SMILES string of the molecule is CN(C)c1ccc([C@@H]2c3cccn3-c3ccccc3CN2C(=O)NCc2ccc(F)cc2)cc1. The monoisotopic (exact) mass is 454 g/mol. The number of para-hydroxylation sites is 1. The average Bonchev–Trinajstić information content (AvgIpc) is 3.28. The third kappa shape index (κ3) is 4.15. The summed E-state index contributed by atoms with van der Waals surface area (Å²) in [6, 6.07) is 26.4. The van der Waals surface area contributed by atoms with E-state index in [-0.39, 0.29) is 17.9 Å². The first-order valence-electron chi connectivity index (χ1n) is 11.3. The van der Waals surface area contributed by atoms with Gasteiger partial charge < -0.3 is 19.7 Å². The van der Waals surface area contributed by atoms with Crippen molar-refractivity contribution >= 4 is 11.7 Å². The Morgan fingerprint density at radius 3 is 2.44 bits per heavy atom. The maximum atomic E-state index is 13.6. The van der Waals surface area contributed by atoms with Crippen LogP contribution in [0.3, 0.4) is 0 Å². The summed E-state index contributed by atoms with van der Waals surface area (Å²) in [5, 5.41) is 3.05. The van der Waals surface area contributed by atoms with Crippen molar-refractivity contribution in [3.05, 3.63) is 119 Å². The van der Waals surface area contributed by atoms with E-state index >= 15 is 0 Å². The van der Waals surface area contributed by atoms with Gasteiger partial charge in [0.2, 0.25) is 0 Å². The van der Waals surface area contributed by atoms with Gasteiger partial charge in [-0.15, -0.1) is 0 Å². The molecule has 0 saturated heterocycles. The van der Waals surface area contributed by atoms with Crippen LogP contribution in [0, 0.1) is 5.82 Å². The van der Waals surface area contributed by atoms with E-state index < -0.39 is 0 Å². The Morgan fingerprint density at radius 2 is 1.71 bits per heavy atom. The standard InChI is InChI=1S/C28H27FN4O/c1-31(2)24-15-11-21(12-16-24)27-26-8-5-17-32(26)25-7-4-3-6-22(25)19-33(27)28(34)30-18-20-9-13-23(29)14-10-20/h3-17,27H,18-19H2,1-2H3,(H,30,34)/t27-/m1/s1. The molecule has 1 aromatic heterocycles. The lowest BCUT2D eigenvalue weighted by Crippen LogP contribution is -2.41. The molecule has 34 heavy (non-hydrogen) atoms. The Kier molecular flexibility index (Phi) is 5.80. The molecule has 0 spiro atoms. The Bertz CT molecular complexity index is 1290. The summed E-state index contributed by atoms with van der Waals surface area (Å²) in [6.45, 7) is 0.789. The predicted molar refractivity (Wildman–Crippen MR) is 133 cm³/mol. The molecule has 172 valence electrons. The number of urea groups is 1. The van der Waals surface area contributed by atoms with Crippen LogP contribution in [0.4, 0.5) is 14.9 Å². The molecule has 0 radical (unpaired) electrons. The number of rotatable bonds is 4. The summed E-state index contributed by atoms with van der Waals surface area (Å²) in [5.41, 5.74) is 6.16. The number of fused-ring (bicyclic) bond motifs is 3. The number of carbonyl (C=O) groups excluding carboxylic acids is 1. The summed E-state index contributed by atoms with van der Waals surface area (Å²) in [7, 11) is 4.02. The highest BCUT2D eigenvalue weighted by molar-refractivity contribution is 5.76. The summed E-state index contributed by atoms with van der Waals surface area (Å²) in [4.78, 5) is 17.6. The molecule has 0 bridgehead atoms. The minimum atomic E-state index is -0.291. The number of nitrogens with zero attached hydrogens (tertiary/aromatic N) is 3. The smallest absolute Gasteiger partial charge is 0.318 e. The summed E-state index contributed by atoms with van der Waals surface area (Å²) in [6.07, 6.45) is 2.05. The van der Waals surface area contributed by atoms with Crippen LogP contribution in [0.5, 0.6) is 0 Å². The highest BCUT2D eigenvalue weighted by Gasteiger charge is 2.32. The number of aromatic nitrogens is 1. The minimum Gasteiger partial charge on any atom is -0.378 e. The van der Waals surface area contributed by atoms with Crippen molar-refractivity contribution in [3.8, 4) is 5.69 Å². The second-order valence-electron chi connectivity index (χ2n) is 8.73. The summed E-state index contributed by atoms with van der Waals surface area (Å²) in [5.74, 6) is -0.291. The molecule has 4 aromatic rings. The first kappa shape index (κ1) is 21.8. The van der Waals surface area contributed by atoms with E-state index in [4.69, 9.17) is 0 Å². The van der Waals surface area contributed by atoms with Gasteiger partial charge in [0.05, 0.1) is 18.3 Å². The molecule has 1 aliphatic heterocycles. The van der Waals surface area contributed by atoms with Crippen molar-refractivity contribution in [1.82, 2.24) is 14.8 Å². The maximum absolute atomic E-state index is 13.6. The van der Waals surface area contributed by atoms with Crippen LogP contribution in [-0.2, 0) is 13.1 Å². The Morgan fingerprint density at radius 1 is 0.971 bits per heavy atom. The fourth-order valence-corrected chi connectivity index (χ4v) is 4.53. The predicted octanol–water partition coefficient (Wildman–Crippen LogP) is 5.50. The van der Waals surface area contributed by atoms with Gasteiger partial charge in [0.25, 0.3) is 0 Å². The number of hydrogen-bond acceptors (Lipinski definition) is 2. The molecular formula is C28H27FN4O. The van der Waals surface area contributed by atoms with Crippen molar-refractivity contribution in [3.63, 3.8) is 0 Å². The van der Waals surface area contributed by atoms with Crippen LogP contribution in [0.25, 0.3) is 5.69 Å². The number of amides is 2. The Labute approximate surface area is 199 Å². The van der Waals surface area contributed by atoms with Gasteiger partial charge in [-0.2, -0.15) is 0 Å². The van der Waals surface area contributed by atoms with Gasteiger partial charge in [-0.25, -0.2) is 9.18 Å². The van der Waals surface area contributed by atoms with Crippen molar-refractivity contribution in [2.24, 2.45) is 0 Å². The van der Waals surface area contributed by atoms with Gasteiger partial charge in [-0.1, -0.05) is 42.5 Å². The van der Waals surface area contributed by atoms with Crippen LogP contribution >= 0.6 is 0 Å². The van der Waals surface area contributed by atoms with Crippen LogP contribution in [0.2, 0.25) is 0 Å². The molecule has 6 heteroatoms. The number of anilines is 1. The van der Waals surface area contributed by atoms with Crippen LogP contribution in [0.1, 0.15) is 28.4 Å². The molecule has 0 aliphatic carbocycles. The molecule has 1 N–H and O–H groups in total. The minimum absolute atomic E-state index is 0.171. The quantitative estimate of drug-likeness (QED) is 0.443. The second-order valence-corrected chi connectivity index (χ2v) is 8.73. The number of nitrogens with one attached hydrogen (secondary N) is 1. The molecule has 1 aliphatic rings. The van der Waals surface area contributed by atoms with Crippen LogP contribution in [0.15, 0.2) is 91.1 Å². The zero-order chi connectivity index (χ0) is 23.7. The zero-order valence-corrected chi connectivity index (χ0v) is 19.3. The second kappa shape index (κ2) is 9.06. The van der Waals surface area contributed by atoms with Crippen LogP contribution in [-0.4, -0.2) is 29.6 Å². The van der Waals surface area contributed by atoms with Crippen molar-refractivity contribution in [2.45, 2.75) is 19.1 Å². The molecule has 1 atom stereocenters. The lowest BCUT2D eigenvalue weighted by Gasteiger charge is -2.31. The van der Waals surface area contributed by atoms with E-state index in [1.807, 2.05) is 37.2 Å². The number of carbonyl (C=O) groups is 1. The molecule has 2 heterocycles. The van der Waals surface area contributed by atoms with E-state index in [9.17, 15) is 9.18 Å². The fraction of sp³-hybridized carbons (Fsp3) is 0.179. The van der Waals surface area contributed by atoms with Gasteiger partial charge in [0.1, 0.15) is 5.82 Å². The lowest BCUT2D eigenvalue weighted by atomic mass is 10.0. The van der Waals surface area contributed by atoms with Crippen molar-refractivity contribution in [1.29, 1.82) is 0 Å². The fourth-order valence-electron chi connectivity index (χ4n) is 4.53. The first-order valence-corrected chi connectivity index (χ1v) is 11.3. The molecule has 0 unspecified atom stereocenters. The third-order valence-corrected chi connectivity index (χ3v) is 6.31. The first-order chi connectivity index (χ1) is 16.5. The van der Waals surface area contributed by atoms with Gasteiger partial charge >= 0.3 is 6.03 Å². The number of benzene rings is 3. The van der Waals surface area contributed by atoms with Crippen LogP contribution < -0.4 is 10.2 Å². The largest absolute Gasteiger partial charge is 0.378 e. The van der Waals surface area contributed by atoms with Gasteiger partial charge in [0, 0.05) is 38.2 Å². The Balaban J connectivity index is 1.54. The average molecular weight is 455 g/mol. The van der Waals surface area contributed by atoms with E-state index in [1.165, 1.54) is 12.1 Å². The molecule has 3 aromatic carbocycles. The topological polar surface area (TPSA) is 40.5 Å². The number of halogens is 1. The molecule has 5 nitrogen and oxygen atoms in total. The highest BCUT2D eigenvalue weighted by Crippen LogP contribution is 2.37. The summed E-state index contributed by atoms with van der Waals surface area (Å²) >= 11 is 0. The van der Waals surface area contributed by atoms with Gasteiger partial charge in [-0.3, -0.25) is 0 Å². The Hall–Kier alpha value is -4.06. The molecule has 5 rings (SSSR count). The van der Waals surface area contributed by atoms with Crippen molar-refractivity contribution < 1.29 is 9.18 Å². The van der Waals surface area contributed by atoms with E-state index in [2.05, 4.69) is 63.4 Å². The summed E-state index contributed by atoms with van der Waals surface area (Å²) < 4.78 is 15.5. The maximum Gasteiger partial charge on any atom is 0.318 e. The van der Waals surface area contributed by atoms with E-state index in [0.717, 1.165) is 33.8 Å². The molecule has 0 fully saturated rings. The lowest BCUT2D eigenvalue weighted by molar-refractivity contribution is 0.180. The van der Waals surface area contributed by atoms with E-state index in [0.29, 0.717) is 13.1 Å². The highest BCUT2D eigenvalue weighted by atomic mass is 19.1. The molecule has 0 saturated carbocycles. The number of hydrogen-bond donors (Lipinski definition) is 1. The van der Waals surface area contributed by atoms with E-state index in [1.54, 1.807) is 12.1 Å². The molecule has 2 amide bonds. The van der Waals surface area contributed by atoms with Gasteiger partial charge in [0.15, 0.2) is 0 Å². The zero-order valence-electron chi connectivity index (χ0n) is 19.3. The van der Waals surface area contributed by atoms with Gasteiger partial charge in [-0.05, 0) is 59.2 Å². The third-order valence-electron chi connectivity index (χ3n) is 6.31. The normalized spacial score (nSPS) is 14.7. The van der Waals surface area contributed by atoms with Crippen molar-refractivity contribution in [2.75, 3.05) is 19.0 Å². The molecular weight excluding hydrogens is 427 g/mol.